The van der Waals surface area contributed by atoms with Crippen LogP contribution in [0.3, 0.4) is 0 Å². The van der Waals surface area contributed by atoms with Gasteiger partial charge < -0.3 is 20.8 Å². The monoisotopic (exact) mass is 272 g/mol. The number of aliphatic hydroxyl groups excluding tert-OH is 1. The second-order valence-electron chi connectivity index (χ2n) is 5.28. The SMILES string of the molecule is CC(CC(=O)NCC[C@H](O)C(=O)O)C1CCCNC1. The van der Waals surface area contributed by atoms with E-state index >= 15 is 0 Å². The molecule has 1 rings (SSSR count). The van der Waals surface area contributed by atoms with Crippen molar-refractivity contribution in [3.8, 4) is 0 Å². The summed E-state index contributed by atoms with van der Waals surface area (Å²) in [7, 11) is 0. The summed E-state index contributed by atoms with van der Waals surface area (Å²) in [6.07, 6.45) is 1.40. The van der Waals surface area contributed by atoms with Crippen LogP contribution in [0.5, 0.6) is 0 Å². The van der Waals surface area contributed by atoms with Crippen molar-refractivity contribution in [1.82, 2.24) is 10.6 Å². The van der Waals surface area contributed by atoms with Crippen LogP contribution in [0, 0.1) is 11.8 Å². The van der Waals surface area contributed by atoms with Gasteiger partial charge >= 0.3 is 5.97 Å². The van der Waals surface area contributed by atoms with E-state index < -0.39 is 12.1 Å². The Hall–Kier alpha value is -1.14. The molecule has 6 heteroatoms. The Morgan fingerprint density at radius 3 is 2.79 bits per heavy atom. The summed E-state index contributed by atoms with van der Waals surface area (Å²) in [5.74, 6) is -0.479. The fourth-order valence-electron chi connectivity index (χ4n) is 2.37. The summed E-state index contributed by atoms with van der Waals surface area (Å²) in [6, 6.07) is 0. The van der Waals surface area contributed by atoms with Gasteiger partial charge in [-0.1, -0.05) is 6.92 Å². The second kappa shape index (κ2) is 8.12. The van der Waals surface area contributed by atoms with Crippen LogP contribution < -0.4 is 10.6 Å². The van der Waals surface area contributed by atoms with Gasteiger partial charge in [-0.15, -0.1) is 0 Å². The number of piperidine rings is 1. The van der Waals surface area contributed by atoms with E-state index in [9.17, 15) is 9.59 Å². The number of hydrogen-bond acceptors (Lipinski definition) is 4. The van der Waals surface area contributed by atoms with Gasteiger partial charge in [-0.05, 0) is 37.8 Å². The topological polar surface area (TPSA) is 98.7 Å². The molecule has 3 atom stereocenters. The van der Waals surface area contributed by atoms with Gasteiger partial charge in [0.1, 0.15) is 0 Å². The molecule has 0 aromatic rings. The minimum Gasteiger partial charge on any atom is -0.479 e. The summed E-state index contributed by atoms with van der Waals surface area (Å²) in [4.78, 5) is 22.1. The third kappa shape index (κ3) is 6.02. The summed E-state index contributed by atoms with van der Waals surface area (Å²) >= 11 is 0. The second-order valence-corrected chi connectivity index (χ2v) is 5.28. The van der Waals surface area contributed by atoms with E-state index in [2.05, 4.69) is 17.6 Å². The smallest absolute Gasteiger partial charge is 0.332 e. The quantitative estimate of drug-likeness (QED) is 0.521. The van der Waals surface area contributed by atoms with Crippen molar-refractivity contribution in [3.05, 3.63) is 0 Å². The van der Waals surface area contributed by atoms with Gasteiger partial charge in [0, 0.05) is 19.4 Å². The Bertz CT molecular complexity index is 303. The average Bonchev–Trinajstić information content (AvgIpc) is 2.39. The molecule has 0 spiro atoms. The Balaban J connectivity index is 2.17. The van der Waals surface area contributed by atoms with Gasteiger partial charge in [0.2, 0.25) is 5.91 Å². The van der Waals surface area contributed by atoms with Crippen molar-refractivity contribution >= 4 is 11.9 Å². The number of carboxylic acid groups (broad SMARTS) is 1. The first-order valence-corrected chi connectivity index (χ1v) is 6.89. The van der Waals surface area contributed by atoms with E-state index in [1.165, 1.54) is 0 Å². The van der Waals surface area contributed by atoms with E-state index in [-0.39, 0.29) is 18.9 Å². The van der Waals surface area contributed by atoms with Gasteiger partial charge in [0.25, 0.3) is 0 Å². The summed E-state index contributed by atoms with van der Waals surface area (Å²) in [5, 5.41) is 23.5. The van der Waals surface area contributed by atoms with Crippen LogP contribution in [-0.2, 0) is 9.59 Å². The third-order valence-electron chi connectivity index (χ3n) is 3.67. The maximum absolute atomic E-state index is 11.7. The van der Waals surface area contributed by atoms with Crippen LogP contribution in [0.2, 0.25) is 0 Å². The first-order valence-electron chi connectivity index (χ1n) is 6.89. The summed E-state index contributed by atoms with van der Waals surface area (Å²) in [6.45, 7) is 4.29. The molecule has 110 valence electrons. The first-order chi connectivity index (χ1) is 9.00. The van der Waals surface area contributed by atoms with Crippen molar-refractivity contribution in [3.63, 3.8) is 0 Å². The Morgan fingerprint density at radius 2 is 2.21 bits per heavy atom. The summed E-state index contributed by atoms with van der Waals surface area (Å²) in [5.41, 5.74) is 0. The molecule has 0 radical (unpaired) electrons. The van der Waals surface area contributed by atoms with E-state index in [0.717, 1.165) is 25.9 Å². The predicted octanol–water partition coefficient (Wildman–Crippen LogP) is -0.0360. The highest BCUT2D eigenvalue weighted by Gasteiger charge is 2.22. The zero-order valence-electron chi connectivity index (χ0n) is 11.4. The van der Waals surface area contributed by atoms with E-state index in [1.54, 1.807) is 0 Å². The number of nitrogens with one attached hydrogen (secondary N) is 2. The number of carboxylic acids is 1. The highest BCUT2D eigenvalue weighted by atomic mass is 16.4. The lowest BCUT2D eigenvalue weighted by Gasteiger charge is -2.28. The predicted molar refractivity (Wildman–Crippen MR) is 70.6 cm³/mol. The molecule has 0 aromatic carbocycles. The Labute approximate surface area is 113 Å². The van der Waals surface area contributed by atoms with Gasteiger partial charge in [-0.2, -0.15) is 0 Å². The molecule has 6 nitrogen and oxygen atoms in total. The van der Waals surface area contributed by atoms with E-state index in [1.807, 2.05) is 0 Å². The Kier molecular flexibility index (Phi) is 6.80. The molecule has 0 aliphatic carbocycles. The molecule has 0 saturated carbocycles. The molecule has 19 heavy (non-hydrogen) atoms. The lowest BCUT2D eigenvalue weighted by Crippen LogP contribution is -2.36. The van der Waals surface area contributed by atoms with Crippen LogP contribution in [0.4, 0.5) is 0 Å². The molecule has 1 saturated heterocycles. The average molecular weight is 272 g/mol. The van der Waals surface area contributed by atoms with Gasteiger partial charge in [-0.3, -0.25) is 4.79 Å². The maximum atomic E-state index is 11.7. The van der Waals surface area contributed by atoms with Gasteiger partial charge in [-0.25, -0.2) is 4.79 Å². The number of amides is 1. The van der Waals surface area contributed by atoms with Crippen LogP contribution >= 0.6 is 0 Å². The van der Waals surface area contributed by atoms with Crippen molar-refractivity contribution < 1.29 is 19.8 Å². The molecule has 1 aliphatic heterocycles. The molecule has 1 heterocycles. The summed E-state index contributed by atoms with van der Waals surface area (Å²) < 4.78 is 0. The lowest BCUT2D eigenvalue weighted by molar-refractivity contribution is -0.147. The fourth-order valence-corrected chi connectivity index (χ4v) is 2.37. The number of hydrogen-bond donors (Lipinski definition) is 4. The lowest BCUT2D eigenvalue weighted by atomic mass is 9.85. The molecule has 1 aliphatic rings. The standard InChI is InChI=1S/C13H24N2O4/c1-9(10-3-2-5-14-8-10)7-12(17)15-6-4-11(16)13(18)19/h9-11,14,16H,2-8H2,1H3,(H,15,17)(H,18,19)/t9?,10?,11-/m0/s1. The zero-order valence-corrected chi connectivity index (χ0v) is 11.4. The van der Waals surface area contributed by atoms with Crippen LogP contribution in [-0.4, -0.2) is 47.8 Å². The Morgan fingerprint density at radius 1 is 1.47 bits per heavy atom. The largest absolute Gasteiger partial charge is 0.479 e. The number of aliphatic hydroxyl groups is 1. The minimum absolute atomic E-state index is 0.0421. The van der Waals surface area contributed by atoms with Crippen LogP contribution in [0.25, 0.3) is 0 Å². The third-order valence-corrected chi connectivity index (χ3v) is 3.67. The molecular weight excluding hydrogens is 248 g/mol. The van der Waals surface area contributed by atoms with Gasteiger partial charge in [0.05, 0.1) is 0 Å². The molecule has 1 amide bonds. The normalized spacial score (nSPS) is 22.5. The molecular formula is C13H24N2O4. The molecule has 2 unspecified atom stereocenters. The van der Waals surface area contributed by atoms with E-state index in [4.69, 9.17) is 10.2 Å². The number of carbonyl (C=O) groups excluding carboxylic acids is 1. The minimum atomic E-state index is -1.40. The van der Waals surface area contributed by atoms with Gasteiger partial charge in [0.15, 0.2) is 6.10 Å². The van der Waals surface area contributed by atoms with Crippen LogP contribution in [0.15, 0.2) is 0 Å². The first kappa shape index (κ1) is 15.9. The highest BCUT2D eigenvalue weighted by molar-refractivity contribution is 5.76. The van der Waals surface area contributed by atoms with Crippen molar-refractivity contribution in [1.29, 1.82) is 0 Å². The van der Waals surface area contributed by atoms with Crippen LogP contribution in [0.1, 0.15) is 32.6 Å². The number of aliphatic carboxylic acids is 1. The fraction of sp³-hybridized carbons (Fsp3) is 0.846. The van der Waals surface area contributed by atoms with E-state index in [0.29, 0.717) is 18.3 Å². The molecule has 1 fully saturated rings. The molecule has 0 aromatic heterocycles. The molecule has 4 N–H and O–H groups in total. The zero-order chi connectivity index (χ0) is 14.3. The highest BCUT2D eigenvalue weighted by Crippen LogP contribution is 2.22. The molecule has 0 bridgehead atoms. The van der Waals surface area contributed by atoms with Crippen molar-refractivity contribution in [2.24, 2.45) is 11.8 Å². The van der Waals surface area contributed by atoms with Crippen molar-refractivity contribution in [2.45, 2.75) is 38.7 Å². The maximum Gasteiger partial charge on any atom is 0.332 e. The van der Waals surface area contributed by atoms with Crippen molar-refractivity contribution in [2.75, 3.05) is 19.6 Å². The number of carbonyl (C=O) groups is 2. The number of rotatable bonds is 7.